The van der Waals surface area contributed by atoms with Gasteiger partial charge in [0.1, 0.15) is 10.8 Å². The number of nitrogens with two attached hydrogens (primary N) is 1. The van der Waals surface area contributed by atoms with Gasteiger partial charge in [-0.05, 0) is 12.8 Å². The lowest BCUT2D eigenvalue weighted by Gasteiger charge is -2.23. The quantitative estimate of drug-likeness (QED) is 0.733. The topological polar surface area (TPSA) is 85.0 Å². The number of carbonyl (C=O) groups excluding carboxylic acids is 1. The molecular formula is C12H19N5OS. The van der Waals surface area contributed by atoms with Crippen molar-refractivity contribution >= 4 is 29.1 Å². The van der Waals surface area contributed by atoms with Crippen molar-refractivity contribution in [3.8, 4) is 0 Å². The van der Waals surface area contributed by atoms with Gasteiger partial charge in [0.25, 0.3) is 0 Å². The van der Waals surface area contributed by atoms with Gasteiger partial charge in [-0.1, -0.05) is 31.5 Å². The van der Waals surface area contributed by atoms with Crippen molar-refractivity contribution in [1.82, 2.24) is 15.1 Å². The van der Waals surface area contributed by atoms with Gasteiger partial charge in [0.2, 0.25) is 0 Å². The molecule has 1 aliphatic carbocycles. The molecular weight excluding hydrogens is 262 g/mol. The van der Waals surface area contributed by atoms with Gasteiger partial charge in [-0.3, -0.25) is 10.00 Å². The maximum atomic E-state index is 12.0. The molecule has 2 amide bonds. The van der Waals surface area contributed by atoms with E-state index in [9.17, 15) is 4.79 Å². The lowest BCUT2D eigenvalue weighted by atomic mass is 9.96. The first kappa shape index (κ1) is 13.8. The summed E-state index contributed by atoms with van der Waals surface area (Å²) in [6, 6.07) is 0.0308. The molecule has 1 heterocycles. The Labute approximate surface area is 117 Å². The van der Waals surface area contributed by atoms with Crippen LogP contribution in [0, 0.1) is 0 Å². The predicted molar refractivity (Wildman–Crippen MR) is 78.1 cm³/mol. The number of aryl methyl sites for hydroxylation is 1. The first-order valence-corrected chi connectivity index (χ1v) is 6.88. The molecule has 19 heavy (non-hydrogen) atoms. The number of aromatic nitrogens is 2. The van der Waals surface area contributed by atoms with Crippen LogP contribution in [0.1, 0.15) is 37.7 Å². The van der Waals surface area contributed by atoms with E-state index < -0.39 is 0 Å². The van der Waals surface area contributed by atoms with Crippen LogP contribution in [-0.4, -0.2) is 26.8 Å². The molecule has 0 radical (unpaired) electrons. The highest BCUT2D eigenvalue weighted by atomic mass is 32.1. The molecule has 1 fully saturated rings. The van der Waals surface area contributed by atoms with Gasteiger partial charge in [0, 0.05) is 13.1 Å². The average molecular weight is 281 g/mol. The number of thiocarbonyl (C=S) groups is 1. The summed E-state index contributed by atoms with van der Waals surface area (Å²) in [6.07, 6.45) is 7.25. The summed E-state index contributed by atoms with van der Waals surface area (Å²) in [6.45, 7) is 0. The van der Waals surface area contributed by atoms with Crippen LogP contribution in [0.3, 0.4) is 0 Å². The molecule has 7 heteroatoms. The number of anilines is 1. The molecule has 6 nitrogen and oxygen atoms in total. The Morgan fingerprint density at radius 3 is 2.79 bits per heavy atom. The van der Waals surface area contributed by atoms with Crippen molar-refractivity contribution in [2.24, 2.45) is 12.8 Å². The van der Waals surface area contributed by atoms with E-state index >= 15 is 0 Å². The number of urea groups is 1. The molecule has 1 aromatic heterocycles. The van der Waals surface area contributed by atoms with E-state index in [1.54, 1.807) is 17.9 Å². The largest absolute Gasteiger partial charge is 0.389 e. The molecule has 0 atom stereocenters. The number of nitrogens with one attached hydrogen (secondary N) is 2. The van der Waals surface area contributed by atoms with Crippen LogP contribution in [0.2, 0.25) is 0 Å². The van der Waals surface area contributed by atoms with Crippen LogP contribution in [0.5, 0.6) is 0 Å². The van der Waals surface area contributed by atoms with Crippen LogP contribution >= 0.6 is 12.2 Å². The van der Waals surface area contributed by atoms with Crippen molar-refractivity contribution in [3.05, 3.63) is 11.8 Å². The minimum absolute atomic E-state index is 0.223. The van der Waals surface area contributed by atoms with Crippen molar-refractivity contribution in [1.29, 1.82) is 0 Å². The van der Waals surface area contributed by atoms with E-state index in [2.05, 4.69) is 15.7 Å². The number of rotatable bonds is 3. The summed E-state index contributed by atoms with van der Waals surface area (Å²) in [7, 11) is 1.73. The van der Waals surface area contributed by atoms with Crippen molar-refractivity contribution in [2.45, 2.75) is 38.1 Å². The lowest BCUT2D eigenvalue weighted by Crippen LogP contribution is -2.39. The van der Waals surface area contributed by atoms with Gasteiger partial charge in [-0.2, -0.15) is 5.10 Å². The molecule has 1 aromatic rings. The first-order chi connectivity index (χ1) is 9.08. The van der Waals surface area contributed by atoms with E-state index in [4.69, 9.17) is 18.0 Å². The first-order valence-electron chi connectivity index (χ1n) is 6.47. The van der Waals surface area contributed by atoms with E-state index in [1.807, 2.05) is 0 Å². The zero-order valence-corrected chi connectivity index (χ0v) is 11.8. The predicted octanol–water partition coefficient (Wildman–Crippen LogP) is 1.51. The highest BCUT2D eigenvalue weighted by molar-refractivity contribution is 7.80. The number of hydrogen-bond acceptors (Lipinski definition) is 3. The third-order valence-corrected chi connectivity index (χ3v) is 3.60. The van der Waals surface area contributed by atoms with E-state index in [0.29, 0.717) is 11.4 Å². The van der Waals surface area contributed by atoms with Crippen LogP contribution in [-0.2, 0) is 7.05 Å². The van der Waals surface area contributed by atoms with Gasteiger partial charge in [-0.25, -0.2) is 4.79 Å². The summed E-state index contributed by atoms with van der Waals surface area (Å²) in [4.78, 5) is 12.2. The molecule has 1 aliphatic rings. The van der Waals surface area contributed by atoms with Crippen molar-refractivity contribution in [2.75, 3.05) is 5.32 Å². The fourth-order valence-electron chi connectivity index (χ4n) is 2.34. The monoisotopic (exact) mass is 281 g/mol. The molecule has 1 saturated carbocycles. The standard InChI is InChI=1S/C12H19N5OS/c1-17-11(9(7-14-17)10(13)19)16-12(18)15-8-5-3-2-4-6-8/h7-8H,2-6H2,1H3,(H2,13,19)(H2,15,16,18). The average Bonchev–Trinajstić information content (AvgIpc) is 2.72. The third-order valence-electron chi connectivity index (χ3n) is 3.38. The molecule has 4 N–H and O–H groups in total. The molecule has 0 bridgehead atoms. The number of amides is 2. The summed E-state index contributed by atoms with van der Waals surface area (Å²) in [5, 5.41) is 9.79. The van der Waals surface area contributed by atoms with Gasteiger partial charge >= 0.3 is 6.03 Å². The summed E-state index contributed by atoms with van der Waals surface area (Å²) in [5.41, 5.74) is 6.17. The molecule has 0 saturated heterocycles. The van der Waals surface area contributed by atoms with Gasteiger partial charge in [0.15, 0.2) is 0 Å². The van der Waals surface area contributed by atoms with Gasteiger partial charge < -0.3 is 11.1 Å². The maximum absolute atomic E-state index is 12.0. The normalized spacial score (nSPS) is 16.1. The van der Waals surface area contributed by atoms with Crippen LogP contribution in [0.25, 0.3) is 0 Å². The van der Waals surface area contributed by atoms with Crippen LogP contribution in [0.4, 0.5) is 10.6 Å². The third kappa shape index (κ3) is 3.44. The molecule has 104 valence electrons. The van der Waals surface area contributed by atoms with E-state index in [-0.39, 0.29) is 17.1 Å². The van der Waals surface area contributed by atoms with Crippen molar-refractivity contribution in [3.63, 3.8) is 0 Å². The zero-order valence-electron chi connectivity index (χ0n) is 11.0. The SMILES string of the molecule is Cn1ncc(C(N)=S)c1NC(=O)NC1CCCCC1. The number of nitrogens with zero attached hydrogens (tertiary/aromatic N) is 2. The molecule has 0 spiro atoms. The van der Waals surface area contributed by atoms with E-state index in [0.717, 1.165) is 12.8 Å². The minimum Gasteiger partial charge on any atom is -0.389 e. The Balaban J connectivity index is 1.98. The molecule has 2 rings (SSSR count). The summed E-state index contributed by atoms with van der Waals surface area (Å²) < 4.78 is 1.55. The second kappa shape index (κ2) is 6.01. The minimum atomic E-state index is -0.229. The van der Waals surface area contributed by atoms with Crippen molar-refractivity contribution < 1.29 is 4.79 Å². The number of hydrogen-bond donors (Lipinski definition) is 3. The van der Waals surface area contributed by atoms with E-state index in [1.165, 1.54) is 19.3 Å². The highest BCUT2D eigenvalue weighted by Gasteiger charge is 2.18. The number of carbonyl (C=O) groups is 1. The Bertz CT molecular complexity index is 478. The smallest absolute Gasteiger partial charge is 0.320 e. The Kier molecular flexibility index (Phi) is 4.36. The Morgan fingerprint density at radius 1 is 1.47 bits per heavy atom. The van der Waals surface area contributed by atoms with Gasteiger partial charge in [0.05, 0.1) is 11.8 Å². The highest BCUT2D eigenvalue weighted by Crippen LogP contribution is 2.18. The Hall–Kier alpha value is -1.63. The fraction of sp³-hybridized carbons (Fsp3) is 0.583. The maximum Gasteiger partial charge on any atom is 0.320 e. The van der Waals surface area contributed by atoms with Gasteiger partial charge in [-0.15, -0.1) is 0 Å². The van der Waals surface area contributed by atoms with Crippen LogP contribution < -0.4 is 16.4 Å². The Morgan fingerprint density at radius 2 is 2.16 bits per heavy atom. The van der Waals surface area contributed by atoms with Crippen LogP contribution in [0.15, 0.2) is 6.20 Å². The second-order valence-corrected chi connectivity index (χ2v) is 5.27. The molecule has 0 aliphatic heterocycles. The summed E-state index contributed by atoms with van der Waals surface area (Å²) >= 11 is 4.93. The molecule has 0 aromatic carbocycles. The fourth-order valence-corrected chi connectivity index (χ4v) is 2.49. The molecule has 0 unspecified atom stereocenters. The zero-order chi connectivity index (χ0) is 13.8. The lowest BCUT2D eigenvalue weighted by molar-refractivity contribution is 0.244. The summed E-state index contributed by atoms with van der Waals surface area (Å²) in [5.74, 6) is 0.529. The second-order valence-electron chi connectivity index (χ2n) is 4.83.